The molecular formula is C33H34ClN3O. The van der Waals surface area contributed by atoms with Crippen molar-refractivity contribution in [2.75, 3.05) is 39.8 Å². The second-order valence-corrected chi connectivity index (χ2v) is 10.3. The standard InChI is InChI=1S/C33H34ClN3O/c1-35(32(26-13-5-2-6-14-26)27-15-7-3-8-16-27)25-31(38)36-21-23-37(24-22-36)33(28-17-9-4-10-18-28)29-19-11-12-20-30(29)34/h2-20,32-33H,21-25H2,1H3. The zero-order chi connectivity index (χ0) is 26.3. The third kappa shape index (κ3) is 5.99. The van der Waals surface area contributed by atoms with Crippen LogP contribution in [0.4, 0.5) is 0 Å². The molecule has 4 nitrogen and oxygen atoms in total. The maximum Gasteiger partial charge on any atom is 0.236 e. The molecule has 0 bridgehead atoms. The Balaban J connectivity index is 1.28. The average molecular weight is 524 g/mol. The predicted octanol–water partition coefficient (Wildman–Crippen LogP) is 6.30. The van der Waals surface area contributed by atoms with Crippen LogP contribution < -0.4 is 0 Å². The minimum absolute atomic E-state index is 0.0188. The van der Waals surface area contributed by atoms with E-state index in [1.54, 1.807) is 0 Å². The zero-order valence-corrected chi connectivity index (χ0v) is 22.5. The molecule has 5 heteroatoms. The van der Waals surface area contributed by atoms with Gasteiger partial charge >= 0.3 is 0 Å². The van der Waals surface area contributed by atoms with Crippen molar-refractivity contribution in [1.29, 1.82) is 0 Å². The van der Waals surface area contributed by atoms with E-state index < -0.39 is 0 Å². The average Bonchev–Trinajstić information content (AvgIpc) is 2.96. The molecule has 1 fully saturated rings. The maximum atomic E-state index is 13.5. The molecule has 4 aromatic rings. The van der Waals surface area contributed by atoms with Gasteiger partial charge in [-0.15, -0.1) is 0 Å². The highest BCUT2D eigenvalue weighted by molar-refractivity contribution is 6.31. The molecule has 1 aliphatic heterocycles. The fourth-order valence-electron chi connectivity index (χ4n) is 5.53. The van der Waals surface area contributed by atoms with Gasteiger partial charge in [0.05, 0.1) is 18.6 Å². The Morgan fingerprint density at radius 3 is 1.71 bits per heavy atom. The molecule has 38 heavy (non-hydrogen) atoms. The Kier molecular flexibility index (Phi) is 8.54. The van der Waals surface area contributed by atoms with E-state index in [0.717, 1.165) is 23.7 Å². The van der Waals surface area contributed by atoms with Crippen molar-refractivity contribution in [3.63, 3.8) is 0 Å². The van der Waals surface area contributed by atoms with E-state index in [0.29, 0.717) is 19.6 Å². The van der Waals surface area contributed by atoms with E-state index >= 15 is 0 Å². The molecule has 0 radical (unpaired) electrons. The van der Waals surface area contributed by atoms with Crippen molar-refractivity contribution in [2.45, 2.75) is 12.1 Å². The number of rotatable bonds is 8. The molecule has 194 valence electrons. The number of nitrogens with zero attached hydrogens (tertiary/aromatic N) is 3. The molecule has 1 unspecified atom stereocenters. The molecule has 0 aliphatic carbocycles. The van der Waals surface area contributed by atoms with Crippen LogP contribution in [0.25, 0.3) is 0 Å². The Bertz CT molecular complexity index is 1270. The monoisotopic (exact) mass is 523 g/mol. The number of amides is 1. The number of carbonyl (C=O) groups excluding carboxylic acids is 1. The minimum Gasteiger partial charge on any atom is -0.339 e. The number of carbonyl (C=O) groups is 1. The maximum absolute atomic E-state index is 13.5. The van der Waals surface area contributed by atoms with E-state index in [2.05, 4.69) is 88.7 Å². The number of benzene rings is 4. The molecule has 0 spiro atoms. The van der Waals surface area contributed by atoms with Crippen molar-refractivity contribution >= 4 is 17.5 Å². The lowest BCUT2D eigenvalue weighted by Crippen LogP contribution is -2.52. The first kappa shape index (κ1) is 26.2. The predicted molar refractivity (Wildman–Crippen MR) is 155 cm³/mol. The Hall–Kier alpha value is -3.44. The highest BCUT2D eigenvalue weighted by atomic mass is 35.5. The van der Waals surface area contributed by atoms with Crippen LogP contribution in [-0.4, -0.2) is 60.4 Å². The van der Waals surface area contributed by atoms with Crippen LogP contribution >= 0.6 is 11.6 Å². The number of hydrogen-bond donors (Lipinski definition) is 0. The molecule has 1 heterocycles. The number of halogens is 1. The Morgan fingerprint density at radius 1 is 0.711 bits per heavy atom. The van der Waals surface area contributed by atoms with Gasteiger partial charge in [0.25, 0.3) is 0 Å². The van der Waals surface area contributed by atoms with Crippen molar-refractivity contribution in [2.24, 2.45) is 0 Å². The number of piperazine rings is 1. The van der Waals surface area contributed by atoms with Crippen molar-refractivity contribution in [3.05, 3.63) is 143 Å². The smallest absolute Gasteiger partial charge is 0.236 e. The van der Waals surface area contributed by atoms with Crippen molar-refractivity contribution in [1.82, 2.24) is 14.7 Å². The van der Waals surface area contributed by atoms with Crippen LogP contribution in [0.2, 0.25) is 5.02 Å². The van der Waals surface area contributed by atoms with Gasteiger partial charge in [-0.25, -0.2) is 0 Å². The summed E-state index contributed by atoms with van der Waals surface area (Å²) >= 11 is 6.66. The molecule has 0 N–H and O–H groups in total. The van der Waals surface area contributed by atoms with Crippen LogP contribution in [0, 0.1) is 0 Å². The Labute approximate surface area is 231 Å². The molecule has 1 atom stereocenters. The van der Waals surface area contributed by atoms with Crippen LogP contribution in [0.5, 0.6) is 0 Å². The zero-order valence-electron chi connectivity index (χ0n) is 21.8. The first-order valence-electron chi connectivity index (χ1n) is 13.2. The second kappa shape index (κ2) is 12.4. The molecular weight excluding hydrogens is 490 g/mol. The summed E-state index contributed by atoms with van der Waals surface area (Å²) in [6.45, 7) is 3.34. The first-order chi connectivity index (χ1) is 18.6. The number of likely N-dealkylation sites (N-methyl/N-ethyl adjacent to an activating group) is 1. The molecule has 4 aromatic carbocycles. The molecule has 0 saturated carbocycles. The summed E-state index contributed by atoms with van der Waals surface area (Å²) in [6.07, 6.45) is 0. The third-order valence-corrected chi connectivity index (χ3v) is 7.75. The van der Waals surface area contributed by atoms with E-state index in [4.69, 9.17) is 11.6 Å². The Morgan fingerprint density at radius 2 is 1.18 bits per heavy atom. The van der Waals surface area contributed by atoms with E-state index in [-0.39, 0.29) is 18.0 Å². The molecule has 1 saturated heterocycles. The summed E-state index contributed by atoms with van der Waals surface area (Å²) in [5.41, 5.74) is 4.69. The van der Waals surface area contributed by atoms with Crippen molar-refractivity contribution in [3.8, 4) is 0 Å². The summed E-state index contributed by atoms with van der Waals surface area (Å²) in [4.78, 5) is 20.1. The lowest BCUT2D eigenvalue weighted by atomic mass is 9.96. The van der Waals surface area contributed by atoms with Gasteiger partial charge in [-0.2, -0.15) is 0 Å². The lowest BCUT2D eigenvalue weighted by molar-refractivity contribution is -0.134. The fraction of sp³-hybridized carbons (Fsp3) is 0.242. The van der Waals surface area contributed by atoms with Gasteiger partial charge in [-0.05, 0) is 35.4 Å². The number of hydrogen-bond acceptors (Lipinski definition) is 3. The molecule has 0 aromatic heterocycles. The summed E-state index contributed by atoms with van der Waals surface area (Å²) in [7, 11) is 2.04. The first-order valence-corrected chi connectivity index (χ1v) is 13.6. The second-order valence-electron chi connectivity index (χ2n) is 9.89. The summed E-state index contributed by atoms with van der Waals surface area (Å²) in [5.74, 6) is 0.165. The molecule has 1 amide bonds. The van der Waals surface area contributed by atoms with Gasteiger partial charge in [0.15, 0.2) is 0 Å². The van der Waals surface area contributed by atoms with Gasteiger partial charge in [0.1, 0.15) is 0 Å². The summed E-state index contributed by atoms with van der Waals surface area (Å²) in [6, 6.07) is 39.5. The topological polar surface area (TPSA) is 26.8 Å². The van der Waals surface area contributed by atoms with Crippen LogP contribution in [0.1, 0.15) is 34.3 Å². The van der Waals surface area contributed by atoms with Crippen molar-refractivity contribution < 1.29 is 4.79 Å². The van der Waals surface area contributed by atoms with Crippen LogP contribution in [-0.2, 0) is 4.79 Å². The van der Waals surface area contributed by atoms with E-state index in [1.165, 1.54) is 16.7 Å². The quantitative estimate of drug-likeness (QED) is 0.271. The highest BCUT2D eigenvalue weighted by Crippen LogP contribution is 2.34. The van der Waals surface area contributed by atoms with Gasteiger partial charge in [-0.1, -0.05) is 121 Å². The molecule has 5 rings (SSSR count). The largest absolute Gasteiger partial charge is 0.339 e. The van der Waals surface area contributed by atoms with Gasteiger partial charge in [0, 0.05) is 31.2 Å². The van der Waals surface area contributed by atoms with Gasteiger partial charge in [-0.3, -0.25) is 14.6 Å². The van der Waals surface area contributed by atoms with E-state index in [9.17, 15) is 4.79 Å². The van der Waals surface area contributed by atoms with Gasteiger partial charge in [0.2, 0.25) is 5.91 Å². The summed E-state index contributed by atoms with van der Waals surface area (Å²) < 4.78 is 0. The van der Waals surface area contributed by atoms with Crippen LogP contribution in [0.3, 0.4) is 0 Å². The van der Waals surface area contributed by atoms with Crippen LogP contribution in [0.15, 0.2) is 115 Å². The molecule has 1 aliphatic rings. The minimum atomic E-state index is 0.0188. The fourth-order valence-corrected chi connectivity index (χ4v) is 5.76. The summed E-state index contributed by atoms with van der Waals surface area (Å²) in [5, 5.41) is 0.773. The third-order valence-electron chi connectivity index (χ3n) is 7.40. The van der Waals surface area contributed by atoms with Gasteiger partial charge < -0.3 is 4.90 Å². The lowest BCUT2D eigenvalue weighted by Gasteiger charge is -2.40. The normalized spacial score (nSPS) is 15.1. The SMILES string of the molecule is CN(CC(=O)N1CCN(C(c2ccccc2)c2ccccc2Cl)CC1)C(c1ccccc1)c1ccccc1. The van der Waals surface area contributed by atoms with E-state index in [1.807, 2.05) is 48.3 Å². The highest BCUT2D eigenvalue weighted by Gasteiger charge is 2.30.